The first-order valence-corrected chi connectivity index (χ1v) is 7.55. The van der Waals surface area contributed by atoms with Gasteiger partial charge in [0, 0.05) is 16.1 Å². The number of benzene rings is 2. The molecule has 4 heteroatoms. The van der Waals surface area contributed by atoms with Crippen LogP contribution >= 0.6 is 15.9 Å². The predicted octanol–water partition coefficient (Wildman–Crippen LogP) is 3.86. The van der Waals surface area contributed by atoms with Gasteiger partial charge >= 0.3 is 0 Å². The first-order valence-electron chi connectivity index (χ1n) is 6.76. The number of nitrogens with zero attached hydrogens (tertiary/aromatic N) is 1. The van der Waals surface area contributed by atoms with Crippen molar-refractivity contribution in [3.05, 3.63) is 75.9 Å². The second-order valence-electron chi connectivity index (χ2n) is 5.06. The van der Waals surface area contributed by atoms with Gasteiger partial charge in [0.15, 0.2) is 0 Å². The van der Waals surface area contributed by atoms with Crippen molar-refractivity contribution >= 4 is 26.8 Å². The summed E-state index contributed by atoms with van der Waals surface area (Å²) in [6.45, 7) is 2.08. The lowest BCUT2D eigenvalue weighted by atomic mass is 9.96. The maximum absolute atomic E-state index is 5.80. The van der Waals surface area contributed by atoms with Crippen LogP contribution in [0.3, 0.4) is 0 Å². The molecule has 0 aliphatic carbocycles. The number of aromatic nitrogens is 1. The van der Waals surface area contributed by atoms with Crippen molar-refractivity contribution in [1.29, 1.82) is 0 Å². The van der Waals surface area contributed by atoms with Gasteiger partial charge < -0.3 is 0 Å². The van der Waals surface area contributed by atoms with Crippen LogP contribution in [0, 0.1) is 6.92 Å². The van der Waals surface area contributed by atoms with E-state index in [-0.39, 0.29) is 6.04 Å². The van der Waals surface area contributed by atoms with Crippen LogP contribution in [0.25, 0.3) is 10.9 Å². The van der Waals surface area contributed by atoms with Gasteiger partial charge in [0.2, 0.25) is 0 Å². The monoisotopic (exact) mass is 341 g/mol. The van der Waals surface area contributed by atoms with E-state index in [1.807, 2.05) is 30.5 Å². The first kappa shape index (κ1) is 14.2. The van der Waals surface area contributed by atoms with Crippen LogP contribution in [0.2, 0.25) is 0 Å². The Morgan fingerprint density at radius 1 is 1.14 bits per heavy atom. The topological polar surface area (TPSA) is 50.9 Å². The number of hydrazine groups is 1. The van der Waals surface area contributed by atoms with E-state index in [1.54, 1.807) is 0 Å². The van der Waals surface area contributed by atoms with E-state index in [9.17, 15) is 0 Å². The number of pyridine rings is 1. The Labute approximate surface area is 132 Å². The Morgan fingerprint density at radius 3 is 2.71 bits per heavy atom. The highest BCUT2D eigenvalue weighted by molar-refractivity contribution is 9.10. The van der Waals surface area contributed by atoms with Crippen LogP contribution in [0.5, 0.6) is 0 Å². The van der Waals surface area contributed by atoms with E-state index in [0.717, 1.165) is 26.5 Å². The molecule has 1 heterocycles. The van der Waals surface area contributed by atoms with Crippen molar-refractivity contribution in [2.45, 2.75) is 13.0 Å². The molecule has 0 radical (unpaired) electrons. The minimum Gasteiger partial charge on any atom is -0.271 e. The normalized spacial score (nSPS) is 12.5. The Kier molecular flexibility index (Phi) is 4.01. The van der Waals surface area contributed by atoms with Gasteiger partial charge in [-0.3, -0.25) is 10.8 Å². The maximum atomic E-state index is 5.80. The smallest absolute Gasteiger partial charge is 0.0727 e. The lowest BCUT2D eigenvalue weighted by molar-refractivity contribution is 0.632. The number of para-hydroxylation sites is 1. The van der Waals surface area contributed by atoms with Gasteiger partial charge in [-0.15, -0.1) is 0 Å². The van der Waals surface area contributed by atoms with Crippen molar-refractivity contribution in [3.8, 4) is 0 Å². The largest absolute Gasteiger partial charge is 0.271 e. The zero-order valence-electron chi connectivity index (χ0n) is 11.7. The summed E-state index contributed by atoms with van der Waals surface area (Å²) >= 11 is 3.49. The van der Waals surface area contributed by atoms with E-state index in [4.69, 9.17) is 5.84 Å². The van der Waals surface area contributed by atoms with Crippen LogP contribution in [0.1, 0.15) is 22.7 Å². The van der Waals surface area contributed by atoms with E-state index in [0.29, 0.717) is 0 Å². The minimum absolute atomic E-state index is 0.0739. The summed E-state index contributed by atoms with van der Waals surface area (Å²) < 4.78 is 1.07. The number of aryl methyl sites for hydroxylation is 1. The standard InChI is InChI=1S/C17H16BrN3/c1-11-8-14(18)6-7-15(11)17(21-19)13-9-12-4-2-3-5-16(12)20-10-13/h2-10,17,21H,19H2,1H3. The molecule has 0 saturated heterocycles. The van der Waals surface area contributed by atoms with Gasteiger partial charge in [0.25, 0.3) is 0 Å². The molecular formula is C17H16BrN3. The van der Waals surface area contributed by atoms with Gasteiger partial charge in [-0.2, -0.15) is 0 Å². The van der Waals surface area contributed by atoms with Crippen molar-refractivity contribution in [2.75, 3.05) is 0 Å². The summed E-state index contributed by atoms with van der Waals surface area (Å²) in [5.41, 5.74) is 7.28. The molecule has 1 unspecified atom stereocenters. The molecule has 0 amide bonds. The summed E-state index contributed by atoms with van der Waals surface area (Å²) in [5.74, 6) is 5.80. The fourth-order valence-electron chi connectivity index (χ4n) is 2.57. The van der Waals surface area contributed by atoms with Gasteiger partial charge in [-0.25, -0.2) is 5.43 Å². The van der Waals surface area contributed by atoms with E-state index in [2.05, 4.69) is 57.5 Å². The SMILES string of the molecule is Cc1cc(Br)ccc1C(NN)c1cnc2ccccc2c1. The van der Waals surface area contributed by atoms with Gasteiger partial charge in [-0.1, -0.05) is 40.2 Å². The van der Waals surface area contributed by atoms with Gasteiger partial charge in [0.1, 0.15) is 0 Å². The molecule has 3 nitrogen and oxygen atoms in total. The maximum Gasteiger partial charge on any atom is 0.0727 e. The fraction of sp³-hybridized carbons (Fsp3) is 0.118. The Hall–Kier alpha value is -1.75. The van der Waals surface area contributed by atoms with E-state index in [1.165, 1.54) is 5.56 Å². The molecule has 3 aromatic rings. The Bertz CT molecular complexity index is 786. The second kappa shape index (κ2) is 5.93. The Balaban J connectivity index is 2.09. The minimum atomic E-state index is -0.0739. The average Bonchev–Trinajstić information content (AvgIpc) is 2.50. The zero-order valence-corrected chi connectivity index (χ0v) is 13.3. The van der Waals surface area contributed by atoms with Gasteiger partial charge in [0.05, 0.1) is 11.6 Å². The molecule has 0 saturated carbocycles. The lowest BCUT2D eigenvalue weighted by Gasteiger charge is -2.19. The van der Waals surface area contributed by atoms with Crippen molar-refractivity contribution < 1.29 is 0 Å². The second-order valence-corrected chi connectivity index (χ2v) is 5.98. The van der Waals surface area contributed by atoms with Crippen molar-refractivity contribution in [1.82, 2.24) is 10.4 Å². The van der Waals surface area contributed by atoms with E-state index < -0.39 is 0 Å². The summed E-state index contributed by atoms with van der Waals surface area (Å²) in [6, 6.07) is 16.3. The number of hydrogen-bond donors (Lipinski definition) is 2. The molecule has 3 rings (SSSR count). The highest BCUT2D eigenvalue weighted by atomic mass is 79.9. The summed E-state index contributed by atoms with van der Waals surface area (Å²) in [7, 11) is 0. The molecule has 1 aromatic heterocycles. The molecule has 0 fully saturated rings. The van der Waals surface area contributed by atoms with Crippen LogP contribution < -0.4 is 11.3 Å². The highest BCUT2D eigenvalue weighted by Crippen LogP contribution is 2.27. The molecule has 2 aromatic carbocycles. The Morgan fingerprint density at radius 2 is 1.95 bits per heavy atom. The lowest BCUT2D eigenvalue weighted by Crippen LogP contribution is -2.29. The third-order valence-electron chi connectivity index (χ3n) is 3.65. The number of nitrogens with two attached hydrogens (primary N) is 1. The van der Waals surface area contributed by atoms with Crippen LogP contribution in [0.15, 0.2) is 59.2 Å². The number of nitrogens with one attached hydrogen (secondary N) is 1. The molecule has 0 aliphatic heterocycles. The molecule has 3 N–H and O–H groups in total. The predicted molar refractivity (Wildman–Crippen MR) is 89.8 cm³/mol. The molecule has 106 valence electrons. The van der Waals surface area contributed by atoms with Crippen molar-refractivity contribution in [2.24, 2.45) is 5.84 Å². The fourth-order valence-corrected chi connectivity index (χ4v) is 3.05. The third-order valence-corrected chi connectivity index (χ3v) is 4.15. The number of rotatable bonds is 3. The summed E-state index contributed by atoms with van der Waals surface area (Å²) in [6.07, 6.45) is 1.88. The van der Waals surface area contributed by atoms with Crippen LogP contribution in [-0.2, 0) is 0 Å². The van der Waals surface area contributed by atoms with Gasteiger partial charge in [-0.05, 0) is 47.9 Å². The molecule has 0 spiro atoms. The molecular weight excluding hydrogens is 326 g/mol. The van der Waals surface area contributed by atoms with E-state index >= 15 is 0 Å². The molecule has 1 atom stereocenters. The molecule has 0 aliphatic rings. The highest BCUT2D eigenvalue weighted by Gasteiger charge is 2.15. The molecule has 21 heavy (non-hydrogen) atoms. The quantitative estimate of drug-likeness (QED) is 0.561. The van der Waals surface area contributed by atoms with Crippen molar-refractivity contribution in [3.63, 3.8) is 0 Å². The summed E-state index contributed by atoms with van der Waals surface area (Å²) in [4.78, 5) is 4.52. The summed E-state index contributed by atoms with van der Waals surface area (Å²) in [5, 5.41) is 1.12. The average molecular weight is 342 g/mol. The molecule has 0 bridgehead atoms. The number of hydrogen-bond acceptors (Lipinski definition) is 3. The number of halogens is 1. The third kappa shape index (κ3) is 2.83. The van der Waals surface area contributed by atoms with Crippen LogP contribution in [0.4, 0.5) is 0 Å². The number of fused-ring (bicyclic) bond motifs is 1. The van der Waals surface area contributed by atoms with Crippen LogP contribution in [-0.4, -0.2) is 4.98 Å². The first-order chi connectivity index (χ1) is 10.2. The zero-order chi connectivity index (χ0) is 14.8.